The lowest BCUT2D eigenvalue weighted by Crippen LogP contribution is -2.55. The fraction of sp³-hybridized carbons (Fsp3) is 0.560. The average Bonchev–Trinajstić information content (AvgIpc) is 3.89. The standard InChI is InChI=1S/C50H62N8O8/c1-29-5-15-39(57(29)45(59)41(55-47(61)63-3)35-17-19-49(21-22-49)65-27-35)43-51-25-37(53-43)33-11-7-31(8-12-33)32-9-13-34(14-10-32)38-26-52-44(54-38)40-16-6-30(2)58(40)46(60)42(56-48(62)64-4)36-18-20-50(23-24-50)66-28-36/h7-14,25-26,29-30,35-36,39-42H,5-6,15-24,27-28H2,1-4H3,(H,51,53)(H,52,54)(H,55,61)(H,56,62)/t29-,30-,35?,36?,39-,40-,41?,42?/m0/s1. The van der Waals surface area contributed by atoms with Gasteiger partial charge in [-0.05, 0) is 102 Å². The van der Waals surface area contributed by atoms with E-state index in [1.54, 1.807) is 0 Å². The Kier molecular flexibility index (Phi) is 11.9. The maximum Gasteiger partial charge on any atom is 0.407 e. The lowest BCUT2D eigenvalue weighted by Gasteiger charge is -2.37. The van der Waals surface area contributed by atoms with Gasteiger partial charge < -0.3 is 49.3 Å². The van der Waals surface area contributed by atoms with Crippen molar-refractivity contribution < 1.29 is 38.1 Å². The van der Waals surface area contributed by atoms with Crippen LogP contribution in [0.3, 0.4) is 0 Å². The zero-order valence-corrected chi connectivity index (χ0v) is 38.3. The molecule has 2 aromatic heterocycles. The molecule has 6 aliphatic rings. The molecule has 0 bridgehead atoms. The van der Waals surface area contributed by atoms with E-state index in [9.17, 15) is 19.2 Å². The van der Waals surface area contributed by atoms with Crippen LogP contribution in [-0.4, -0.2) is 117 Å². The second-order valence-electron chi connectivity index (χ2n) is 19.7. The normalized spacial score (nSPS) is 27.0. The molecule has 4 aromatic rings. The van der Waals surface area contributed by atoms with Gasteiger partial charge in [0.1, 0.15) is 23.7 Å². The van der Waals surface area contributed by atoms with Crippen LogP contribution < -0.4 is 10.6 Å². The molecule has 4 N–H and O–H groups in total. The number of ether oxygens (including phenoxy) is 4. The molecule has 4 unspecified atom stereocenters. The van der Waals surface area contributed by atoms with Crippen LogP contribution in [0.2, 0.25) is 0 Å². The van der Waals surface area contributed by atoms with Crippen LogP contribution in [-0.2, 0) is 28.5 Å². The summed E-state index contributed by atoms with van der Waals surface area (Å²) in [5.74, 6) is 0.912. The van der Waals surface area contributed by atoms with Crippen LogP contribution in [0.5, 0.6) is 0 Å². The minimum atomic E-state index is -0.747. The van der Waals surface area contributed by atoms with Crippen molar-refractivity contribution in [1.29, 1.82) is 0 Å². The third kappa shape index (κ3) is 8.69. The van der Waals surface area contributed by atoms with E-state index in [1.165, 1.54) is 14.2 Å². The second-order valence-corrected chi connectivity index (χ2v) is 19.7. The van der Waals surface area contributed by atoms with Gasteiger partial charge in [-0.2, -0.15) is 0 Å². The zero-order chi connectivity index (χ0) is 45.7. The monoisotopic (exact) mass is 902 g/mol. The van der Waals surface area contributed by atoms with E-state index in [2.05, 4.69) is 83.0 Å². The van der Waals surface area contributed by atoms with Gasteiger partial charge in [0, 0.05) is 47.4 Å². The van der Waals surface area contributed by atoms with Gasteiger partial charge in [0.25, 0.3) is 0 Å². The topological polar surface area (TPSA) is 193 Å². The number of imidazole rings is 2. The molecule has 0 radical (unpaired) electrons. The quantitative estimate of drug-likeness (QED) is 0.117. The molecule has 2 spiro atoms. The lowest BCUT2D eigenvalue weighted by atomic mass is 9.89. The van der Waals surface area contributed by atoms with Crippen molar-refractivity contribution in [2.24, 2.45) is 11.8 Å². The van der Waals surface area contributed by atoms with Gasteiger partial charge in [-0.15, -0.1) is 0 Å². The van der Waals surface area contributed by atoms with Crippen molar-refractivity contribution in [2.45, 2.75) is 138 Å². The Balaban J connectivity index is 0.794. The molecule has 6 fully saturated rings. The summed E-state index contributed by atoms with van der Waals surface area (Å²) >= 11 is 0. The van der Waals surface area contributed by atoms with E-state index in [-0.39, 0.29) is 59.0 Å². The number of hydrogen-bond donors (Lipinski definition) is 4. The van der Waals surface area contributed by atoms with Gasteiger partial charge in [-0.3, -0.25) is 9.59 Å². The molecule has 16 heteroatoms. The molecule has 10 rings (SSSR count). The Morgan fingerprint density at radius 1 is 0.591 bits per heavy atom. The molecule has 8 atom stereocenters. The summed E-state index contributed by atoms with van der Waals surface area (Å²) in [5.41, 5.74) is 5.52. The minimum absolute atomic E-state index is 0.0223. The van der Waals surface area contributed by atoms with Crippen LogP contribution in [0.15, 0.2) is 60.9 Å². The number of H-pyrrole nitrogens is 2. The third-order valence-electron chi connectivity index (χ3n) is 15.5. The summed E-state index contributed by atoms with van der Waals surface area (Å²) in [6.07, 6.45) is 13.4. The molecule has 350 valence electrons. The number of alkyl carbamates (subject to hydrolysis) is 2. The molecule has 2 aliphatic carbocycles. The first kappa shape index (κ1) is 44.1. The van der Waals surface area contributed by atoms with Gasteiger partial charge in [0.2, 0.25) is 11.8 Å². The van der Waals surface area contributed by atoms with Gasteiger partial charge in [-0.1, -0.05) is 48.5 Å². The first-order valence-corrected chi connectivity index (χ1v) is 23.9. The molecule has 6 heterocycles. The predicted octanol–water partition coefficient (Wildman–Crippen LogP) is 7.61. The molecule has 4 saturated heterocycles. The number of nitrogens with zero attached hydrogens (tertiary/aromatic N) is 4. The molecule has 4 amide bonds. The maximum atomic E-state index is 14.4. The SMILES string of the molecule is COC(=O)NC(C(=O)N1[C@@H](C)CC[C@H]1c1nc(-c2ccc(-c3ccc(-c4c[nH]c([C@@H]5CC[C@H](C)N5C(=O)C(NC(=O)OC)C5CCC6(CC6)OC5)n4)cc3)cc2)c[nH]1)C1CCC2(CC2)OC1. The number of amides is 4. The molecule has 4 aliphatic heterocycles. The summed E-state index contributed by atoms with van der Waals surface area (Å²) in [4.78, 5) is 74.2. The number of benzene rings is 2. The third-order valence-corrected chi connectivity index (χ3v) is 15.5. The van der Waals surface area contributed by atoms with Gasteiger partial charge in [-0.25, -0.2) is 19.6 Å². The number of hydrogen-bond acceptors (Lipinski definition) is 10. The number of aromatic nitrogens is 4. The highest BCUT2D eigenvalue weighted by molar-refractivity contribution is 5.88. The van der Waals surface area contributed by atoms with E-state index in [4.69, 9.17) is 28.9 Å². The van der Waals surface area contributed by atoms with E-state index in [1.807, 2.05) is 22.2 Å². The van der Waals surface area contributed by atoms with E-state index < -0.39 is 24.3 Å². The predicted molar refractivity (Wildman–Crippen MR) is 244 cm³/mol. The Morgan fingerprint density at radius 2 is 0.970 bits per heavy atom. The largest absolute Gasteiger partial charge is 0.453 e. The second kappa shape index (κ2) is 17.8. The number of likely N-dealkylation sites (tertiary alicyclic amines) is 2. The minimum Gasteiger partial charge on any atom is -0.453 e. The lowest BCUT2D eigenvalue weighted by molar-refractivity contribution is -0.141. The van der Waals surface area contributed by atoms with Crippen molar-refractivity contribution in [1.82, 2.24) is 40.4 Å². The Labute approximate surface area is 385 Å². The number of carbonyl (C=O) groups excluding carboxylic acids is 4. The van der Waals surface area contributed by atoms with Crippen molar-refractivity contribution in [2.75, 3.05) is 27.4 Å². The number of aromatic amines is 2. The maximum absolute atomic E-state index is 14.4. The Morgan fingerprint density at radius 3 is 1.30 bits per heavy atom. The van der Waals surface area contributed by atoms with Gasteiger partial charge in [0.05, 0.1) is 62.1 Å². The van der Waals surface area contributed by atoms with Crippen LogP contribution in [0.4, 0.5) is 9.59 Å². The summed E-state index contributed by atoms with van der Waals surface area (Å²) < 4.78 is 22.3. The van der Waals surface area contributed by atoms with Crippen LogP contribution in [0.1, 0.15) is 115 Å². The highest BCUT2D eigenvalue weighted by Gasteiger charge is 2.52. The van der Waals surface area contributed by atoms with Crippen LogP contribution in [0.25, 0.3) is 33.6 Å². The van der Waals surface area contributed by atoms with Crippen molar-refractivity contribution in [3.8, 4) is 33.6 Å². The molecule has 2 saturated carbocycles. The highest BCUT2D eigenvalue weighted by Crippen LogP contribution is 2.49. The fourth-order valence-electron chi connectivity index (χ4n) is 11.0. The fourth-order valence-corrected chi connectivity index (χ4v) is 11.0. The number of rotatable bonds is 11. The van der Waals surface area contributed by atoms with Gasteiger partial charge >= 0.3 is 12.2 Å². The average molecular weight is 903 g/mol. The van der Waals surface area contributed by atoms with Crippen molar-refractivity contribution in [3.05, 3.63) is 72.6 Å². The number of methoxy groups -OCH3 is 2. The molecular weight excluding hydrogens is 841 g/mol. The van der Waals surface area contributed by atoms with E-state index in [0.717, 1.165) is 122 Å². The molecule has 16 nitrogen and oxygen atoms in total. The first-order chi connectivity index (χ1) is 32.0. The zero-order valence-electron chi connectivity index (χ0n) is 38.3. The van der Waals surface area contributed by atoms with Crippen LogP contribution >= 0.6 is 0 Å². The van der Waals surface area contributed by atoms with Crippen LogP contribution in [0, 0.1) is 11.8 Å². The van der Waals surface area contributed by atoms with Gasteiger partial charge in [0.15, 0.2) is 0 Å². The summed E-state index contributed by atoms with van der Waals surface area (Å²) in [7, 11) is 2.63. The molecule has 66 heavy (non-hydrogen) atoms. The highest BCUT2D eigenvalue weighted by atomic mass is 16.5. The summed E-state index contributed by atoms with van der Waals surface area (Å²) in [5, 5.41) is 5.71. The van der Waals surface area contributed by atoms with Crippen molar-refractivity contribution in [3.63, 3.8) is 0 Å². The van der Waals surface area contributed by atoms with E-state index >= 15 is 0 Å². The molecular formula is C50H62N8O8. The molecule has 2 aromatic carbocycles. The number of nitrogens with one attached hydrogen (secondary N) is 4. The number of carbonyl (C=O) groups is 4. The van der Waals surface area contributed by atoms with Crippen molar-refractivity contribution >= 4 is 24.0 Å². The summed E-state index contributed by atoms with van der Waals surface area (Å²) in [6, 6.07) is 14.5. The summed E-state index contributed by atoms with van der Waals surface area (Å²) in [6.45, 7) is 4.98. The Hall–Kier alpha value is -5.74. The smallest absolute Gasteiger partial charge is 0.407 e. The van der Waals surface area contributed by atoms with E-state index in [0.29, 0.717) is 13.2 Å². The first-order valence-electron chi connectivity index (χ1n) is 23.9. The Bertz CT molecular complexity index is 2240.